The Labute approximate surface area is 86.8 Å². The summed E-state index contributed by atoms with van der Waals surface area (Å²) in [4.78, 5) is 0. The molecule has 0 radical (unpaired) electrons. The summed E-state index contributed by atoms with van der Waals surface area (Å²) in [7, 11) is -3.27. The maximum Gasteiger partial charge on any atom is 0.214 e. The summed E-state index contributed by atoms with van der Waals surface area (Å²) in [5, 5.41) is 8.51. The molecule has 0 heterocycles. The van der Waals surface area contributed by atoms with E-state index < -0.39 is 10.0 Å². The van der Waals surface area contributed by atoms with E-state index in [1.165, 1.54) is 0 Å². The monoisotopic (exact) mass is 223 g/mol. The Morgan fingerprint density at radius 3 is 2.50 bits per heavy atom. The number of nitrogens with one attached hydrogen (secondary N) is 1. The van der Waals surface area contributed by atoms with E-state index in [9.17, 15) is 8.42 Å². The van der Waals surface area contributed by atoms with Crippen LogP contribution in [0.15, 0.2) is 0 Å². The van der Waals surface area contributed by atoms with Crippen molar-refractivity contribution in [2.45, 2.75) is 45.6 Å². The molecule has 0 aliphatic carbocycles. The first-order valence-corrected chi connectivity index (χ1v) is 6.78. The minimum atomic E-state index is -3.27. The molecule has 0 aromatic rings. The Morgan fingerprint density at radius 2 is 2.00 bits per heavy atom. The van der Waals surface area contributed by atoms with Crippen LogP contribution in [-0.4, -0.2) is 31.9 Å². The van der Waals surface area contributed by atoms with Gasteiger partial charge in [-0.1, -0.05) is 26.2 Å². The number of rotatable bonds is 8. The third kappa shape index (κ3) is 7.29. The summed E-state index contributed by atoms with van der Waals surface area (Å²) in [5.41, 5.74) is 0. The smallest absolute Gasteiger partial charge is 0.214 e. The number of sulfonamides is 1. The van der Waals surface area contributed by atoms with Crippen molar-refractivity contribution in [3.8, 4) is 0 Å². The Bertz CT molecular complexity index is 226. The summed E-state index contributed by atoms with van der Waals surface area (Å²) >= 11 is 0. The minimum Gasteiger partial charge on any atom is -0.395 e. The zero-order valence-electron chi connectivity index (χ0n) is 8.99. The lowest BCUT2D eigenvalue weighted by Crippen LogP contribution is -2.35. The normalized spacial score (nSPS) is 14.2. The molecule has 1 atom stereocenters. The molecule has 0 amide bonds. The van der Waals surface area contributed by atoms with Crippen LogP contribution in [0.1, 0.15) is 39.5 Å². The third-order valence-electron chi connectivity index (χ3n) is 1.98. The average Bonchev–Trinajstić information content (AvgIpc) is 2.03. The van der Waals surface area contributed by atoms with E-state index >= 15 is 0 Å². The van der Waals surface area contributed by atoms with Crippen LogP contribution in [-0.2, 0) is 10.0 Å². The highest BCUT2D eigenvalue weighted by Gasteiger charge is 2.12. The van der Waals surface area contributed by atoms with Crippen LogP contribution >= 0.6 is 0 Å². The fraction of sp³-hybridized carbons (Fsp3) is 1.00. The number of hydrogen-bond donors (Lipinski definition) is 2. The maximum absolute atomic E-state index is 11.2. The highest BCUT2D eigenvalue weighted by molar-refractivity contribution is 7.89. The van der Waals surface area contributed by atoms with Crippen molar-refractivity contribution in [2.75, 3.05) is 12.4 Å². The van der Waals surface area contributed by atoms with Gasteiger partial charge in [0, 0.05) is 6.04 Å². The van der Waals surface area contributed by atoms with Gasteiger partial charge in [-0.05, 0) is 13.3 Å². The summed E-state index contributed by atoms with van der Waals surface area (Å²) < 4.78 is 24.9. The van der Waals surface area contributed by atoms with Gasteiger partial charge in [0.05, 0.1) is 12.4 Å². The molecule has 14 heavy (non-hydrogen) atoms. The predicted octanol–water partition coefficient (Wildman–Crippen LogP) is 0.867. The molecule has 0 spiro atoms. The molecular weight excluding hydrogens is 202 g/mol. The highest BCUT2D eigenvalue weighted by Crippen LogP contribution is 2.03. The second-order valence-electron chi connectivity index (χ2n) is 3.56. The fourth-order valence-electron chi connectivity index (χ4n) is 1.25. The standard InChI is InChI=1S/C9H21NO3S/c1-3-4-5-6-9(2)10-14(12,13)8-7-11/h9-11H,3-8H2,1-2H3. The molecule has 86 valence electrons. The summed E-state index contributed by atoms with van der Waals surface area (Å²) in [6.45, 7) is 3.64. The van der Waals surface area contributed by atoms with Gasteiger partial charge in [-0.25, -0.2) is 13.1 Å². The molecule has 0 rings (SSSR count). The van der Waals surface area contributed by atoms with E-state index in [0.29, 0.717) is 0 Å². The Balaban J connectivity index is 3.75. The maximum atomic E-state index is 11.2. The van der Waals surface area contributed by atoms with Crippen molar-refractivity contribution in [1.82, 2.24) is 4.72 Å². The van der Waals surface area contributed by atoms with Crippen LogP contribution in [0.4, 0.5) is 0 Å². The molecule has 0 aromatic heterocycles. The Morgan fingerprint density at radius 1 is 1.36 bits per heavy atom. The second-order valence-corrected chi connectivity index (χ2v) is 5.43. The van der Waals surface area contributed by atoms with Gasteiger partial charge in [-0.3, -0.25) is 0 Å². The topological polar surface area (TPSA) is 66.4 Å². The van der Waals surface area contributed by atoms with Crippen LogP contribution < -0.4 is 4.72 Å². The van der Waals surface area contributed by atoms with Gasteiger partial charge in [-0.15, -0.1) is 0 Å². The first-order chi connectivity index (χ1) is 6.52. The lowest BCUT2D eigenvalue weighted by Gasteiger charge is -2.13. The zero-order valence-corrected chi connectivity index (χ0v) is 9.81. The molecule has 0 aromatic carbocycles. The van der Waals surface area contributed by atoms with Gasteiger partial charge in [0.1, 0.15) is 0 Å². The van der Waals surface area contributed by atoms with Crippen molar-refractivity contribution >= 4 is 10.0 Å². The van der Waals surface area contributed by atoms with Crippen molar-refractivity contribution in [1.29, 1.82) is 0 Å². The van der Waals surface area contributed by atoms with Crippen molar-refractivity contribution in [2.24, 2.45) is 0 Å². The van der Waals surface area contributed by atoms with Crippen molar-refractivity contribution < 1.29 is 13.5 Å². The summed E-state index contributed by atoms with van der Waals surface area (Å²) in [5.74, 6) is -0.203. The molecule has 4 nitrogen and oxygen atoms in total. The minimum absolute atomic E-state index is 0.0295. The van der Waals surface area contributed by atoms with Gasteiger partial charge in [0.25, 0.3) is 0 Å². The zero-order chi connectivity index (χ0) is 11.0. The first-order valence-electron chi connectivity index (χ1n) is 5.12. The molecule has 0 bridgehead atoms. The van der Waals surface area contributed by atoms with Gasteiger partial charge < -0.3 is 5.11 Å². The Hall–Kier alpha value is -0.130. The number of aliphatic hydroxyl groups is 1. The third-order valence-corrected chi connectivity index (χ3v) is 3.46. The van der Waals surface area contributed by atoms with Gasteiger partial charge in [0.15, 0.2) is 0 Å². The lowest BCUT2D eigenvalue weighted by molar-refractivity contribution is 0.319. The molecule has 0 saturated heterocycles. The van der Waals surface area contributed by atoms with E-state index in [-0.39, 0.29) is 18.4 Å². The molecule has 0 aliphatic rings. The first kappa shape index (κ1) is 13.9. The molecule has 5 heteroatoms. The Kier molecular flexibility index (Phi) is 7.13. The molecule has 0 aliphatic heterocycles. The lowest BCUT2D eigenvalue weighted by atomic mass is 10.1. The number of hydrogen-bond acceptors (Lipinski definition) is 3. The quantitative estimate of drug-likeness (QED) is 0.600. The van der Waals surface area contributed by atoms with Crippen LogP contribution in [0.5, 0.6) is 0 Å². The van der Waals surface area contributed by atoms with E-state index in [2.05, 4.69) is 11.6 Å². The summed E-state index contributed by atoms with van der Waals surface area (Å²) in [6.07, 6.45) is 4.17. The number of aliphatic hydroxyl groups excluding tert-OH is 1. The van der Waals surface area contributed by atoms with Gasteiger partial charge in [-0.2, -0.15) is 0 Å². The molecule has 1 unspecified atom stereocenters. The second kappa shape index (κ2) is 7.20. The van der Waals surface area contributed by atoms with Crippen molar-refractivity contribution in [3.05, 3.63) is 0 Å². The fourth-order valence-corrected chi connectivity index (χ4v) is 2.33. The molecule has 2 N–H and O–H groups in total. The van der Waals surface area contributed by atoms with E-state index in [4.69, 9.17) is 5.11 Å². The molecule has 0 saturated carbocycles. The van der Waals surface area contributed by atoms with E-state index in [1.807, 2.05) is 6.92 Å². The van der Waals surface area contributed by atoms with Crippen LogP contribution in [0, 0.1) is 0 Å². The van der Waals surface area contributed by atoms with E-state index in [0.717, 1.165) is 25.7 Å². The largest absolute Gasteiger partial charge is 0.395 e. The summed E-state index contributed by atoms with van der Waals surface area (Å²) in [6, 6.07) is -0.0295. The average molecular weight is 223 g/mol. The SMILES string of the molecule is CCCCCC(C)NS(=O)(=O)CCO. The van der Waals surface area contributed by atoms with Crippen LogP contribution in [0.2, 0.25) is 0 Å². The number of unbranched alkanes of at least 4 members (excludes halogenated alkanes) is 2. The van der Waals surface area contributed by atoms with Crippen molar-refractivity contribution in [3.63, 3.8) is 0 Å². The van der Waals surface area contributed by atoms with Gasteiger partial charge in [0.2, 0.25) is 10.0 Å². The molecule has 0 fully saturated rings. The van der Waals surface area contributed by atoms with Gasteiger partial charge >= 0.3 is 0 Å². The van der Waals surface area contributed by atoms with Crippen LogP contribution in [0.25, 0.3) is 0 Å². The highest BCUT2D eigenvalue weighted by atomic mass is 32.2. The molecular formula is C9H21NO3S. The van der Waals surface area contributed by atoms with E-state index in [1.54, 1.807) is 0 Å². The van der Waals surface area contributed by atoms with Crippen LogP contribution in [0.3, 0.4) is 0 Å². The predicted molar refractivity (Wildman–Crippen MR) is 57.6 cm³/mol.